The van der Waals surface area contributed by atoms with E-state index in [9.17, 15) is 4.79 Å². The summed E-state index contributed by atoms with van der Waals surface area (Å²) in [5, 5.41) is 0. The molecule has 12 heavy (non-hydrogen) atoms. The van der Waals surface area contributed by atoms with Crippen LogP contribution in [0.2, 0.25) is 0 Å². The van der Waals surface area contributed by atoms with E-state index in [0.29, 0.717) is 0 Å². The molecule has 0 aromatic rings. The zero-order chi connectivity index (χ0) is 9.03. The lowest BCUT2D eigenvalue weighted by Gasteiger charge is -2.24. The smallest absolute Gasteiger partial charge is 0.235 e. The molecule has 3 heteroatoms. The maximum atomic E-state index is 10.1. The molecule has 1 aliphatic heterocycles. The first kappa shape index (κ1) is 9.43. The van der Waals surface area contributed by atoms with E-state index in [1.54, 1.807) is 6.08 Å². The molecule has 0 saturated carbocycles. The summed E-state index contributed by atoms with van der Waals surface area (Å²) in [6.07, 6.45) is 4.19. The van der Waals surface area contributed by atoms with Crippen molar-refractivity contribution in [3.05, 3.63) is 0 Å². The number of hydrogen-bond acceptors (Lipinski definition) is 3. The molecule has 3 nitrogen and oxygen atoms in total. The number of nitrogens with zero attached hydrogens (tertiary/aromatic N) is 2. The summed E-state index contributed by atoms with van der Waals surface area (Å²) in [6.45, 7) is 7.12. The minimum Gasteiger partial charge on any atom is -0.301 e. The average Bonchev–Trinajstić information content (AvgIpc) is 2.38. The van der Waals surface area contributed by atoms with E-state index in [0.717, 1.165) is 19.6 Å². The molecule has 1 heterocycles. The van der Waals surface area contributed by atoms with Gasteiger partial charge in [0.2, 0.25) is 6.08 Å². The van der Waals surface area contributed by atoms with Crippen LogP contribution in [0.1, 0.15) is 26.7 Å². The number of likely N-dealkylation sites (tertiary alicyclic amines) is 1. The third-order valence-corrected chi connectivity index (χ3v) is 2.16. The highest BCUT2D eigenvalue weighted by molar-refractivity contribution is 5.34. The summed E-state index contributed by atoms with van der Waals surface area (Å²) >= 11 is 0. The van der Waals surface area contributed by atoms with Crippen molar-refractivity contribution in [3.8, 4) is 0 Å². The summed E-state index contributed by atoms with van der Waals surface area (Å²) < 4.78 is 0. The molecule has 1 fully saturated rings. The van der Waals surface area contributed by atoms with Gasteiger partial charge in [-0.05, 0) is 39.8 Å². The fourth-order valence-corrected chi connectivity index (χ4v) is 1.65. The van der Waals surface area contributed by atoms with Crippen LogP contribution in [-0.2, 0) is 4.79 Å². The summed E-state index contributed by atoms with van der Waals surface area (Å²) in [5.74, 6) is 0. The Hall–Kier alpha value is -0.660. The predicted molar refractivity (Wildman–Crippen MR) is 47.9 cm³/mol. The van der Waals surface area contributed by atoms with Gasteiger partial charge in [0.1, 0.15) is 0 Å². The van der Waals surface area contributed by atoms with Gasteiger partial charge in [-0.25, -0.2) is 4.79 Å². The first-order valence-electron chi connectivity index (χ1n) is 4.45. The van der Waals surface area contributed by atoms with Gasteiger partial charge in [-0.1, -0.05) is 0 Å². The van der Waals surface area contributed by atoms with Crippen molar-refractivity contribution >= 4 is 6.08 Å². The lowest BCUT2D eigenvalue weighted by molar-refractivity contribution is 0.272. The van der Waals surface area contributed by atoms with Gasteiger partial charge in [0.05, 0.1) is 5.54 Å². The van der Waals surface area contributed by atoms with Gasteiger partial charge in [0, 0.05) is 6.54 Å². The Morgan fingerprint density at radius 2 is 2.00 bits per heavy atom. The standard InChI is InChI=1S/C9H16N2O/c1-9(2,10-8-12)7-11-5-3-4-6-11/h3-7H2,1-2H3. The zero-order valence-corrected chi connectivity index (χ0v) is 7.84. The summed E-state index contributed by atoms with van der Waals surface area (Å²) in [4.78, 5) is 16.2. The molecular weight excluding hydrogens is 152 g/mol. The summed E-state index contributed by atoms with van der Waals surface area (Å²) in [5.41, 5.74) is -0.258. The van der Waals surface area contributed by atoms with Crippen molar-refractivity contribution in [2.75, 3.05) is 19.6 Å². The first-order chi connectivity index (χ1) is 5.64. The molecule has 0 radical (unpaired) electrons. The SMILES string of the molecule is CC(C)(CN1CCCC1)N=C=O. The van der Waals surface area contributed by atoms with Gasteiger partial charge < -0.3 is 4.90 Å². The summed E-state index contributed by atoms with van der Waals surface area (Å²) in [7, 11) is 0. The highest BCUT2D eigenvalue weighted by atomic mass is 16.1. The fourth-order valence-electron chi connectivity index (χ4n) is 1.65. The maximum absolute atomic E-state index is 10.1. The normalized spacial score (nSPS) is 19.2. The van der Waals surface area contributed by atoms with Crippen molar-refractivity contribution in [1.29, 1.82) is 0 Å². The first-order valence-corrected chi connectivity index (χ1v) is 4.45. The Labute approximate surface area is 73.5 Å². The van der Waals surface area contributed by atoms with Crippen molar-refractivity contribution in [1.82, 2.24) is 4.90 Å². The van der Waals surface area contributed by atoms with Crippen molar-refractivity contribution in [2.24, 2.45) is 4.99 Å². The van der Waals surface area contributed by atoms with Crippen LogP contribution < -0.4 is 0 Å². The third-order valence-electron chi connectivity index (χ3n) is 2.16. The summed E-state index contributed by atoms with van der Waals surface area (Å²) in [6, 6.07) is 0. The van der Waals surface area contributed by atoms with E-state index in [-0.39, 0.29) is 5.54 Å². The van der Waals surface area contributed by atoms with Crippen LogP contribution in [0.5, 0.6) is 0 Å². The van der Waals surface area contributed by atoms with Crippen LogP contribution in [0, 0.1) is 0 Å². The molecule has 0 aromatic carbocycles. The number of aliphatic imine (C=N–C) groups is 1. The Morgan fingerprint density at radius 1 is 1.42 bits per heavy atom. The Kier molecular flexibility index (Phi) is 3.01. The predicted octanol–water partition coefficient (Wildman–Crippen LogP) is 1.20. The quantitative estimate of drug-likeness (QED) is 0.468. The van der Waals surface area contributed by atoms with Gasteiger partial charge in [-0.2, -0.15) is 4.99 Å². The third kappa shape index (κ3) is 2.76. The molecule has 0 bridgehead atoms. The second-order valence-electron chi connectivity index (χ2n) is 4.00. The molecule has 0 N–H and O–H groups in total. The number of rotatable bonds is 3. The van der Waals surface area contributed by atoms with E-state index < -0.39 is 0 Å². The largest absolute Gasteiger partial charge is 0.301 e. The molecule has 0 amide bonds. The minimum absolute atomic E-state index is 0.258. The van der Waals surface area contributed by atoms with E-state index in [1.165, 1.54) is 12.8 Å². The van der Waals surface area contributed by atoms with Crippen LogP contribution in [0.25, 0.3) is 0 Å². The Balaban J connectivity index is 2.42. The van der Waals surface area contributed by atoms with Crippen LogP contribution in [-0.4, -0.2) is 36.2 Å². The fraction of sp³-hybridized carbons (Fsp3) is 0.889. The molecule has 0 aromatic heterocycles. The Morgan fingerprint density at radius 3 is 2.50 bits per heavy atom. The lowest BCUT2D eigenvalue weighted by atomic mass is 10.1. The number of hydrogen-bond donors (Lipinski definition) is 0. The van der Waals surface area contributed by atoms with E-state index in [4.69, 9.17) is 0 Å². The highest BCUT2D eigenvalue weighted by Crippen LogP contribution is 2.15. The molecule has 0 atom stereocenters. The average molecular weight is 168 g/mol. The van der Waals surface area contributed by atoms with Crippen LogP contribution >= 0.6 is 0 Å². The molecule has 0 spiro atoms. The zero-order valence-electron chi connectivity index (χ0n) is 7.84. The molecule has 1 rings (SSSR count). The van der Waals surface area contributed by atoms with Crippen LogP contribution in [0.4, 0.5) is 0 Å². The van der Waals surface area contributed by atoms with Gasteiger partial charge in [-0.15, -0.1) is 0 Å². The molecule has 0 unspecified atom stereocenters. The second kappa shape index (κ2) is 3.83. The minimum atomic E-state index is -0.258. The van der Waals surface area contributed by atoms with Crippen LogP contribution in [0.3, 0.4) is 0 Å². The van der Waals surface area contributed by atoms with Crippen LogP contribution in [0.15, 0.2) is 4.99 Å². The molecule has 0 aliphatic carbocycles. The van der Waals surface area contributed by atoms with E-state index in [1.807, 2.05) is 13.8 Å². The van der Waals surface area contributed by atoms with Gasteiger partial charge in [0.25, 0.3) is 0 Å². The highest BCUT2D eigenvalue weighted by Gasteiger charge is 2.22. The maximum Gasteiger partial charge on any atom is 0.235 e. The monoisotopic (exact) mass is 168 g/mol. The van der Waals surface area contributed by atoms with E-state index in [2.05, 4.69) is 9.89 Å². The molecular formula is C9H16N2O. The van der Waals surface area contributed by atoms with Gasteiger partial charge in [0.15, 0.2) is 0 Å². The van der Waals surface area contributed by atoms with Gasteiger partial charge >= 0.3 is 0 Å². The van der Waals surface area contributed by atoms with E-state index >= 15 is 0 Å². The van der Waals surface area contributed by atoms with Crippen molar-refractivity contribution < 1.29 is 4.79 Å². The van der Waals surface area contributed by atoms with Gasteiger partial charge in [-0.3, -0.25) is 0 Å². The second-order valence-corrected chi connectivity index (χ2v) is 4.00. The van der Waals surface area contributed by atoms with Crippen molar-refractivity contribution in [3.63, 3.8) is 0 Å². The molecule has 1 saturated heterocycles. The topological polar surface area (TPSA) is 32.7 Å². The Bertz CT molecular complexity index is 189. The molecule has 1 aliphatic rings. The number of carbonyl (C=O) groups excluding carboxylic acids is 1. The number of isocyanates is 1. The molecule has 68 valence electrons. The van der Waals surface area contributed by atoms with Crippen molar-refractivity contribution in [2.45, 2.75) is 32.2 Å². The lowest BCUT2D eigenvalue weighted by Crippen LogP contribution is -2.35.